The molecule has 1 fully saturated rings. The average molecular weight is 386 g/mol. The lowest BCUT2D eigenvalue weighted by atomic mass is 10.0. The lowest BCUT2D eigenvalue weighted by Gasteiger charge is -2.34. The summed E-state index contributed by atoms with van der Waals surface area (Å²) >= 11 is 5.95. The molecule has 0 saturated carbocycles. The van der Waals surface area contributed by atoms with Crippen LogP contribution in [0.2, 0.25) is 5.02 Å². The van der Waals surface area contributed by atoms with E-state index in [1.165, 1.54) is 18.5 Å². The van der Waals surface area contributed by atoms with Crippen molar-refractivity contribution in [1.29, 1.82) is 0 Å². The second-order valence-corrected chi connectivity index (χ2v) is 8.01. The highest BCUT2D eigenvalue weighted by Crippen LogP contribution is 2.23. The summed E-state index contributed by atoms with van der Waals surface area (Å²) in [4.78, 5) is 14.7. The first-order valence-electron chi connectivity index (χ1n) is 9.66. The van der Waals surface area contributed by atoms with Gasteiger partial charge in [-0.25, -0.2) is 0 Å². The average Bonchev–Trinajstić information content (AvgIpc) is 2.67. The highest BCUT2D eigenvalue weighted by atomic mass is 35.5. The first-order valence-corrected chi connectivity index (χ1v) is 10.0. The Kier molecular flexibility index (Phi) is 6.75. The van der Waals surface area contributed by atoms with Gasteiger partial charge in [0.1, 0.15) is 0 Å². The predicted molar refractivity (Wildman–Crippen MR) is 114 cm³/mol. The van der Waals surface area contributed by atoms with Crippen LogP contribution >= 0.6 is 11.6 Å². The van der Waals surface area contributed by atoms with E-state index in [1.54, 1.807) is 24.3 Å². The van der Waals surface area contributed by atoms with Gasteiger partial charge in [-0.3, -0.25) is 4.79 Å². The molecule has 4 nitrogen and oxygen atoms in total. The van der Waals surface area contributed by atoms with Crippen LogP contribution in [0, 0.1) is 5.92 Å². The fourth-order valence-corrected chi connectivity index (χ4v) is 3.52. The molecule has 0 radical (unpaired) electrons. The van der Waals surface area contributed by atoms with E-state index in [0.717, 1.165) is 25.3 Å². The Bertz CT molecular complexity index is 752. The molecule has 2 aromatic rings. The van der Waals surface area contributed by atoms with Crippen LogP contribution in [0.3, 0.4) is 0 Å². The van der Waals surface area contributed by atoms with Crippen molar-refractivity contribution in [3.8, 4) is 0 Å². The van der Waals surface area contributed by atoms with Crippen LogP contribution in [0.1, 0.15) is 37.0 Å². The van der Waals surface area contributed by atoms with Gasteiger partial charge in [-0.15, -0.1) is 0 Å². The van der Waals surface area contributed by atoms with Crippen LogP contribution in [0.4, 0.5) is 11.4 Å². The van der Waals surface area contributed by atoms with E-state index in [0.29, 0.717) is 22.5 Å². The number of amides is 1. The summed E-state index contributed by atoms with van der Waals surface area (Å²) in [5.74, 6) is 0.542. The van der Waals surface area contributed by atoms with E-state index in [9.17, 15) is 4.79 Å². The summed E-state index contributed by atoms with van der Waals surface area (Å²) < 4.78 is 0. The lowest BCUT2D eigenvalue weighted by Crippen LogP contribution is -2.43. The van der Waals surface area contributed by atoms with Crippen LogP contribution in [-0.4, -0.2) is 31.6 Å². The molecule has 1 heterocycles. The van der Waals surface area contributed by atoms with Crippen molar-refractivity contribution in [2.24, 2.45) is 5.92 Å². The first kappa shape index (κ1) is 19.7. The maximum absolute atomic E-state index is 12.3. The number of halogens is 1. The minimum Gasteiger partial charge on any atom is -0.371 e. The van der Waals surface area contributed by atoms with Crippen molar-refractivity contribution < 1.29 is 4.79 Å². The summed E-state index contributed by atoms with van der Waals surface area (Å²) in [5, 5.41) is 7.14. The maximum atomic E-state index is 12.3. The Labute approximate surface area is 166 Å². The Hall–Kier alpha value is -2.04. The van der Waals surface area contributed by atoms with Gasteiger partial charge >= 0.3 is 0 Å². The van der Waals surface area contributed by atoms with Gasteiger partial charge in [-0.2, -0.15) is 0 Å². The largest absolute Gasteiger partial charge is 0.371 e. The number of anilines is 2. The molecule has 1 aliphatic heterocycles. The number of benzene rings is 2. The van der Waals surface area contributed by atoms with Crippen molar-refractivity contribution in [3.05, 3.63) is 59.1 Å². The standard InChI is InChI=1S/C22H28ClN3O/c1-16(2)15-24-19-10-12-26(13-11-19)21-8-6-20(7-9-21)25-22(27)17-4-3-5-18(23)14-17/h3-9,14,16,19,24H,10-13,15H2,1-2H3,(H,25,27). The molecule has 0 unspecified atom stereocenters. The Morgan fingerprint density at radius 2 is 1.85 bits per heavy atom. The smallest absolute Gasteiger partial charge is 0.255 e. The fourth-order valence-electron chi connectivity index (χ4n) is 3.33. The molecule has 3 rings (SSSR count). The number of carbonyl (C=O) groups is 1. The summed E-state index contributed by atoms with van der Waals surface area (Å²) in [6.45, 7) is 7.70. The number of carbonyl (C=O) groups excluding carboxylic acids is 1. The molecule has 0 aliphatic carbocycles. The van der Waals surface area contributed by atoms with Crippen LogP contribution in [0.15, 0.2) is 48.5 Å². The highest BCUT2D eigenvalue weighted by Gasteiger charge is 2.19. The van der Waals surface area contributed by atoms with Gasteiger partial charge < -0.3 is 15.5 Å². The topological polar surface area (TPSA) is 44.4 Å². The Morgan fingerprint density at radius 1 is 1.15 bits per heavy atom. The summed E-state index contributed by atoms with van der Waals surface area (Å²) in [6.07, 6.45) is 2.33. The van der Waals surface area contributed by atoms with E-state index in [4.69, 9.17) is 11.6 Å². The minimum atomic E-state index is -0.151. The van der Waals surface area contributed by atoms with Gasteiger partial charge in [0.15, 0.2) is 0 Å². The van der Waals surface area contributed by atoms with Crippen molar-refractivity contribution in [2.75, 3.05) is 29.9 Å². The second-order valence-electron chi connectivity index (χ2n) is 7.57. The van der Waals surface area contributed by atoms with Gasteiger partial charge in [-0.1, -0.05) is 31.5 Å². The van der Waals surface area contributed by atoms with Gasteiger partial charge in [0.25, 0.3) is 5.91 Å². The number of rotatable bonds is 6. The number of nitrogens with one attached hydrogen (secondary N) is 2. The van der Waals surface area contributed by atoms with Crippen LogP contribution in [0.5, 0.6) is 0 Å². The summed E-state index contributed by atoms with van der Waals surface area (Å²) in [6, 6.07) is 15.7. The quantitative estimate of drug-likeness (QED) is 0.750. The van der Waals surface area contributed by atoms with E-state index < -0.39 is 0 Å². The molecular formula is C22H28ClN3O. The van der Waals surface area contributed by atoms with E-state index in [-0.39, 0.29) is 5.91 Å². The molecule has 27 heavy (non-hydrogen) atoms. The third-order valence-corrected chi connectivity index (χ3v) is 5.12. The molecule has 5 heteroatoms. The minimum absolute atomic E-state index is 0.151. The second kappa shape index (κ2) is 9.25. The number of hydrogen-bond donors (Lipinski definition) is 2. The molecule has 0 bridgehead atoms. The third-order valence-electron chi connectivity index (χ3n) is 4.89. The van der Waals surface area contributed by atoms with Gasteiger partial charge in [0, 0.05) is 41.1 Å². The number of nitrogens with zero attached hydrogens (tertiary/aromatic N) is 1. The molecule has 0 aromatic heterocycles. The zero-order valence-corrected chi connectivity index (χ0v) is 16.8. The molecule has 144 valence electrons. The summed E-state index contributed by atoms with van der Waals surface area (Å²) in [7, 11) is 0. The zero-order chi connectivity index (χ0) is 19.2. The third kappa shape index (κ3) is 5.72. The molecule has 1 aliphatic rings. The van der Waals surface area contributed by atoms with Crippen LogP contribution in [-0.2, 0) is 0 Å². The Balaban J connectivity index is 1.53. The number of piperidine rings is 1. The molecule has 1 amide bonds. The Morgan fingerprint density at radius 3 is 2.48 bits per heavy atom. The summed E-state index contributed by atoms with van der Waals surface area (Å²) in [5.41, 5.74) is 2.55. The molecule has 2 aromatic carbocycles. The first-order chi connectivity index (χ1) is 13.0. The molecule has 0 spiro atoms. The van der Waals surface area contributed by atoms with Gasteiger partial charge in [0.05, 0.1) is 0 Å². The van der Waals surface area contributed by atoms with Crippen molar-refractivity contribution in [1.82, 2.24) is 5.32 Å². The maximum Gasteiger partial charge on any atom is 0.255 e. The fraction of sp³-hybridized carbons (Fsp3) is 0.409. The zero-order valence-electron chi connectivity index (χ0n) is 16.0. The monoisotopic (exact) mass is 385 g/mol. The van der Waals surface area contributed by atoms with Crippen LogP contribution in [0.25, 0.3) is 0 Å². The lowest BCUT2D eigenvalue weighted by molar-refractivity contribution is 0.102. The van der Waals surface area contributed by atoms with E-state index in [2.05, 4.69) is 41.5 Å². The van der Waals surface area contributed by atoms with Crippen molar-refractivity contribution in [2.45, 2.75) is 32.7 Å². The van der Waals surface area contributed by atoms with Gasteiger partial charge in [0.2, 0.25) is 0 Å². The predicted octanol–water partition coefficient (Wildman–Crippen LogP) is 4.81. The molecular weight excluding hydrogens is 358 g/mol. The van der Waals surface area contributed by atoms with Crippen LogP contribution < -0.4 is 15.5 Å². The van der Waals surface area contributed by atoms with Gasteiger partial charge in [-0.05, 0) is 67.8 Å². The van der Waals surface area contributed by atoms with E-state index in [1.807, 2.05) is 12.1 Å². The molecule has 1 saturated heterocycles. The SMILES string of the molecule is CC(C)CNC1CCN(c2ccc(NC(=O)c3cccc(Cl)c3)cc2)CC1. The molecule has 2 N–H and O–H groups in total. The van der Waals surface area contributed by atoms with Crippen molar-refractivity contribution >= 4 is 28.9 Å². The highest BCUT2D eigenvalue weighted by molar-refractivity contribution is 6.31. The molecule has 0 atom stereocenters. The normalized spacial score (nSPS) is 15.2. The van der Waals surface area contributed by atoms with E-state index >= 15 is 0 Å². The van der Waals surface area contributed by atoms with Crippen molar-refractivity contribution in [3.63, 3.8) is 0 Å². The number of hydrogen-bond acceptors (Lipinski definition) is 3.